The summed E-state index contributed by atoms with van der Waals surface area (Å²) < 4.78 is 50.9. The molecule has 0 aromatic heterocycles. The third kappa shape index (κ3) is 4.39. The molecule has 0 bridgehead atoms. The minimum atomic E-state index is -3.80. The van der Waals surface area contributed by atoms with Crippen molar-refractivity contribution in [3.05, 3.63) is 59.4 Å². The largest absolute Gasteiger partial charge is 0.495 e. The molecule has 3 rings (SSSR count). The van der Waals surface area contributed by atoms with Gasteiger partial charge in [0.2, 0.25) is 10.0 Å². The van der Waals surface area contributed by atoms with Gasteiger partial charge in [0.05, 0.1) is 12.7 Å². The Balaban J connectivity index is 1.79. The van der Waals surface area contributed by atoms with Crippen molar-refractivity contribution in [1.82, 2.24) is 4.72 Å². The average molecular weight is 379 g/mol. The van der Waals surface area contributed by atoms with Crippen LogP contribution in [0.3, 0.4) is 0 Å². The third-order valence-electron chi connectivity index (χ3n) is 3.85. The summed E-state index contributed by atoms with van der Waals surface area (Å²) in [5, 5.41) is 0. The number of carbonyl (C=O) groups excluding carboxylic acids is 1. The number of rotatable bonds is 7. The van der Waals surface area contributed by atoms with E-state index >= 15 is 0 Å². The molecule has 138 valence electrons. The Bertz CT molecular complexity index is 925. The monoisotopic (exact) mass is 379 g/mol. The molecule has 2 aromatic carbocycles. The van der Waals surface area contributed by atoms with E-state index in [-0.39, 0.29) is 28.9 Å². The van der Waals surface area contributed by atoms with Gasteiger partial charge in [-0.15, -0.1) is 0 Å². The Morgan fingerprint density at radius 2 is 2.00 bits per heavy atom. The number of methoxy groups -OCH3 is 1. The molecule has 1 aliphatic carbocycles. The lowest BCUT2D eigenvalue weighted by molar-refractivity contribution is 0.0472. The standard InChI is InChI=1S/C18H18FNO5S/c1-24-16-8-5-13(10-17(16)26(22,23)20-15-6-7-15)18(21)25-11-12-3-2-4-14(19)9-12/h2-5,8-10,15,20H,6-7,11H2,1H3. The highest BCUT2D eigenvalue weighted by atomic mass is 32.2. The van der Waals surface area contributed by atoms with Gasteiger partial charge in [0.15, 0.2) is 0 Å². The number of carbonyl (C=O) groups is 1. The summed E-state index contributed by atoms with van der Waals surface area (Å²) in [6.07, 6.45) is 1.58. The summed E-state index contributed by atoms with van der Waals surface area (Å²) in [4.78, 5) is 12.1. The molecule has 6 nitrogen and oxygen atoms in total. The molecule has 1 saturated carbocycles. The molecule has 0 spiro atoms. The Labute approximate surface area is 151 Å². The van der Waals surface area contributed by atoms with E-state index in [0.29, 0.717) is 5.56 Å². The van der Waals surface area contributed by atoms with Gasteiger partial charge in [-0.3, -0.25) is 0 Å². The highest BCUT2D eigenvalue weighted by Gasteiger charge is 2.30. The SMILES string of the molecule is COc1ccc(C(=O)OCc2cccc(F)c2)cc1S(=O)(=O)NC1CC1. The van der Waals surface area contributed by atoms with Crippen molar-refractivity contribution in [3.63, 3.8) is 0 Å². The van der Waals surface area contributed by atoms with Crippen LogP contribution in [-0.4, -0.2) is 27.5 Å². The Morgan fingerprint density at radius 3 is 2.65 bits per heavy atom. The summed E-state index contributed by atoms with van der Waals surface area (Å²) in [5.41, 5.74) is 0.563. The van der Waals surface area contributed by atoms with Gasteiger partial charge in [0.1, 0.15) is 23.1 Å². The van der Waals surface area contributed by atoms with Gasteiger partial charge in [-0.2, -0.15) is 0 Å². The Morgan fingerprint density at radius 1 is 1.23 bits per heavy atom. The smallest absolute Gasteiger partial charge is 0.338 e. The second-order valence-corrected chi connectivity index (χ2v) is 7.65. The van der Waals surface area contributed by atoms with Crippen LogP contribution >= 0.6 is 0 Å². The molecule has 0 amide bonds. The van der Waals surface area contributed by atoms with E-state index in [0.717, 1.165) is 12.8 Å². The fourth-order valence-electron chi connectivity index (χ4n) is 2.36. The van der Waals surface area contributed by atoms with Crippen LogP contribution in [-0.2, 0) is 21.4 Å². The normalized spacial score (nSPS) is 14.1. The zero-order chi connectivity index (χ0) is 18.7. The molecule has 0 unspecified atom stereocenters. The number of nitrogens with one attached hydrogen (secondary N) is 1. The molecule has 0 heterocycles. The minimum absolute atomic E-state index is 0.0679. The summed E-state index contributed by atoms with van der Waals surface area (Å²) >= 11 is 0. The molecule has 1 fully saturated rings. The van der Waals surface area contributed by atoms with Crippen LogP contribution in [0.5, 0.6) is 5.75 Å². The van der Waals surface area contributed by atoms with Gasteiger partial charge in [-0.1, -0.05) is 12.1 Å². The maximum Gasteiger partial charge on any atom is 0.338 e. The maximum absolute atomic E-state index is 13.2. The molecule has 0 saturated heterocycles. The van der Waals surface area contributed by atoms with Crippen LogP contribution in [0.2, 0.25) is 0 Å². The summed E-state index contributed by atoms with van der Waals surface area (Å²) in [6, 6.07) is 9.66. The number of sulfonamides is 1. The van der Waals surface area contributed by atoms with Crippen LogP contribution in [0.1, 0.15) is 28.8 Å². The van der Waals surface area contributed by atoms with E-state index in [1.54, 1.807) is 6.07 Å². The van der Waals surface area contributed by atoms with E-state index in [9.17, 15) is 17.6 Å². The second-order valence-electron chi connectivity index (χ2n) is 5.97. The molecule has 0 atom stereocenters. The predicted octanol–water partition coefficient (Wildman–Crippen LogP) is 2.63. The molecular weight excluding hydrogens is 361 g/mol. The fourth-order valence-corrected chi connectivity index (χ4v) is 3.86. The molecule has 1 N–H and O–H groups in total. The van der Waals surface area contributed by atoms with Crippen molar-refractivity contribution < 1.29 is 27.1 Å². The first-order valence-corrected chi connectivity index (χ1v) is 9.49. The topological polar surface area (TPSA) is 81.7 Å². The molecule has 26 heavy (non-hydrogen) atoms. The van der Waals surface area contributed by atoms with E-state index in [1.807, 2.05) is 0 Å². The zero-order valence-electron chi connectivity index (χ0n) is 14.1. The summed E-state index contributed by atoms with van der Waals surface area (Å²) in [6.45, 7) is -0.120. The van der Waals surface area contributed by atoms with Crippen LogP contribution in [0, 0.1) is 5.82 Å². The zero-order valence-corrected chi connectivity index (χ0v) is 14.9. The first-order valence-electron chi connectivity index (χ1n) is 8.01. The average Bonchev–Trinajstić information content (AvgIpc) is 3.42. The number of hydrogen-bond donors (Lipinski definition) is 1. The lowest BCUT2D eigenvalue weighted by atomic mass is 10.2. The quantitative estimate of drug-likeness (QED) is 0.748. The molecule has 0 aliphatic heterocycles. The maximum atomic E-state index is 13.2. The van der Waals surface area contributed by atoms with Gasteiger partial charge in [0.25, 0.3) is 0 Å². The van der Waals surface area contributed by atoms with Gasteiger partial charge in [-0.05, 0) is 48.7 Å². The van der Waals surface area contributed by atoms with Crippen molar-refractivity contribution in [3.8, 4) is 5.75 Å². The fraction of sp³-hybridized carbons (Fsp3) is 0.278. The lowest BCUT2D eigenvalue weighted by Crippen LogP contribution is -2.26. The van der Waals surface area contributed by atoms with Crippen molar-refractivity contribution in [1.29, 1.82) is 0 Å². The van der Waals surface area contributed by atoms with Crippen molar-refractivity contribution in [2.24, 2.45) is 0 Å². The number of ether oxygens (including phenoxy) is 2. The van der Waals surface area contributed by atoms with E-state index in [2.05, 4.69) is 4.72 Å². The number of halogens is 1. The van der Waals surface area contributed by atoms with Gasteiger partial charge < -0.3 is 9.47 Å². The molecule has 0 radical (unpaired) electrons. The molecule has 1 aliphatic rings. The van der Waals surface area contributed by atoms with Gasteiger partial charge in [-0.25, -0.2) is 22.3 Å². The van der Waals surface area contributed by atoms with Crippen LogP contribution in [0.15, 0.2) is 47.4 Å². The van der Waals surface area contributed by atoms with E-state index in [4.69, 9.17) is 9.47 Å². The van der Waals surface area contributed by atoms with Crippen molar-refractivity contribution in [2.45, 2.75) is 30.4 Å². The van der Waals surface area contributed by atoms with Crippen LogP contribution in [0.25, 0.3) is 0 Å². The van der Waals surface area contributed by atoms with E-state index in [1.165, 1.54) is 43.5 Å². The number of hydrogen-bond acceptors (Lipinski definition) is 5. The van der Waals surface area contributed by atoms with E-state index < -0.39 is 21.8 Å². The molecule has 8 heteroatoms. The minimum Gasteiger partial charge on any atom is -0.495 e. The van der Waals surface area contributed by atoms with Crippen LogP contribution in [0.4, 0.5) is 4.39 Å². The highest BCUT2D eigenvalue weighted by Crippen LogP contribution is 2.28. The van der Waals surface area contributed by atoms with Gasteiger partial charge >= 0.3 is 5.97 Å². The van der Waals surface area contributed by atoms with Crippen LogP contribution < -0.4 is 9.46 Å². The summed E-state index contributed by atoms with van der Waals surface area (Å²) in [5.74, 6) is -0.998. The molecular formula is C18H18FNO5S. The van der Waals surface area contributed by atoms with Crippen molar-refractivity contribution in [2.75, 3.05) is 7.11 Å². The highest BCUT2D eigenvalue weighted by molar-refractivity contribution is 7.89. The Kier molecular flexibility index (Phi) is 5.24. The third-order valence-corrected chi connectivity index (χ3v) is 5.39. The van der Waals surface area contributed by atoms with Crippen molar-refractivity contribution >= 4 is 16.0 Å². The first kappa shape index (κ1) is 18.3. The summed E-state index contributed by atoms with van der Waals surface area (Å²) in [7, 11) is -2.45. The lowest BCUT2D eigenvalue weighted by Gasteiger charge is -2.12. The second kappa shape index (κ2) is 7.43. The number of benzene rings is 2. The number of esters is 1. The predicted molar refractivity (Wildman–Crippen MR) is 91.9 cm³/mol. The van der Waals surface area contributed by atoms with Gasteiger partial charge in [0, 0.05) is 6.04 Å². The Hall–Kier alpha value is -2.45. The molecule has 2 aromatic rings. The first-order chi connectivity index (χ1) is 12.4.